The Morgan fingerprint density at radius 1 is 1.45 bits per heavy atom. The molecule has 20 heavy (non-hydrogen) atoms. The lowest BCUT2D eigenvalue weighted by Crippen LogP contribution is -2.29. The van der Waals surface area contributed by atoms with Crippen molar-refractivity contribution in [3.8, 4) is 0 Å². The van der Waals surface area contributed by atoms with Gasteiger partial charge in [0, 0.05) is 13.0 Å². The largest absolute Gasteiger partial charge is 0.462 e. The Labute approximate surface area is 112 Å². The van der Waals surface area contributed by atoms with Crippen LogP contribution in [0, 0.1) is 15.9 Å². The van der Waals surface area contributed by atoms with Crippen LogP contribution in [0.3, 0.4) is 0 Å². The molecule has 2 rings (SSSR count). The lowest BCUT2D eigenvalue weighted by molar-refractivity contribution is -0.384. The SMILES string of the molecule is CC1=CC(=O)C(C)(N=Nc2ccc(F)cc2[N+](=O)[O-])O1. The van der Waals surface area contributed by atoms with Crippen molar-refractivity contribution in [2.24, 2.45) is 10.2 Å². The normalized spacial score (nSPS) is 21.9. The van der Waals surface area contributed by atoms with Crippen molar-refractivity contribution < 1.29 is 18.8 Å². The predicted octanol–water partition coefficient (Wildman–Crippen LogP) is 3.04. The van der Waals surface area contributed by atoms with Crippen LogP contribution in [-0.4, -0.2) is 16.4 Å². The lowest BCUT2D eigenvalue weighted by Gasteiger charge is -2.16. The number of nitro benzene ring substituents is 1. The lowest BCUT2D eigenvalue weighted by atomic mass is 10.2. The topological polar surface area (TPSA) is 94.2 Å². The molecular weight excluding hydrogens is 269 g/mol. The number of carbonyl (C=O) groups excluding carboxylic acids is 1. The maximum absolute atomic E-state index is 13.0. The van der Waals surface area contributed by atoms with Crippen molar-refractivity contribution in [2.45, 2.75) is 19.6 Å². The molecule has 1 aromatic rings. The third-order valence-electron chi connectivity index (χ3n) is 2.63. The van der Waals surface area contributed by atoms with Crippen LogP contribution >= 0.6 is 0 Å². The van der Waals surface area contributed by atoms with Gasteiger partial charge in [0.25, 0.3) is 11.4 Å². The quantitative estimate of drug-likeness (QED) is 0.482. The fourth-order valence-electron chi connectivity index (χ4n) is 1.66. The molecule has 0 aliphatic carbocycles. The summed E-state index contributed by atoms with van der Waals surface area (Å²) in [7, 11) is 0. The first-order valence-corrected chi connectivity index (χ1v) is 5.60. The summed E-state index contributed by atoms with van der Waals surface area (Å²) in [5.41, 5.74) is -2.22. The number of hydrogen-bond acceptors (Lipinski definition) is 6. The highest BCUT2D eigenvalue weighted by Gasteiger charge is 2.39. The molecule has 8 heteroatoms. The number of halogens is 1. The van der Waals surface area contributed by atoms with Gasteiger partial charge in [-0.3, -0.25) is 14.9 Å². The van der Waals surface area contributed by atoms with Crippen LogP contribution < -0.4 is 0 Å². The fourth-order valence-corrected chi connectivity index (χ4v) is 1.66. The van der Waals surface area contributed by atoms with E-state index in [1.54, 1.807) is 6.92 Å². The van der Waals surface area contributed by atoms with Crippen molar-refractivity contribution in [3.63, 3.8) is 0 Å². The first-order valence-electron chi connectivity index (χ1n) is 5.60. The zero-order valence-corrected chi connectivity index (χ0v) is 10.7. The monoisotopic (exact) mass is 279 g/mol. The maximum atomic E-state index is 13.0. The predicted molar refractivity (Wildman–Crippen MR) is 65.8 cm³/mol. The number of nitro groups is 1. The first-order chi connectivity index (χ1) is 9.32. The third kappa shape index (κ3) is 2.53. The average Bonchev–Trinajstić information content (AvgIpc) is 2.61. The second-order valence-corrected chi connectivity index (χ2v) is 4.29. The van der Waals surface area contributed by atoms with Crippen LogP contribution in [0.5, 0.6) is 0 Å². The molecule has 0 aromatic heterocycles. The van der Waals surface area contributed by atoms with Crippen molar-refractivity contribution in [2.75, 3.05) is 0 Å². The van der Waals surface area contributed by atoms with E-state index in [1.807, 2.05) is 0 Å². The smallest absolute Gasteiger partial charge is 0.299 e. The van der Waals surface area contributed by atoms with Crippen LogP contribution in [0.1, 0.15) is 13.8 Å². The highest BCUT2D eigenvalue weighted by molar-refractivity contribution is 5.98. The van der Waals surface area contributed by atoms with E-state index in [0.717, 1.165) is 18.2 Å². The summed E-state index contributed by atoms with van der Waals surface area (Å²) in [5.74, 6) is -0.791. The highest BCUT2D eigenvalue weighted by Crippen LogP contribution is 2.32. The molecule has 0 fully saturated rings. The van der Waals surface area contributed by atoms with Gasteiger partial charge < -0.3 is 4.74 Å². The molecule has 1 heterocycles. The van der Waals surface area contributed by atoms with E-state index in [9.17, 15) is 19.3 Å². The van der Waals surface area contributed by atoms with E-state index in [1.165, 1.54) is 13.0 Å². The second-order valence-electron chi connectivity index (χ2n) is 4.29. The van der Waals surface area contributed by atoms with Crippen LogP contribution in [0.4, 0.5) is 15.8 Å². The molecule has 1 aliphatic rings. The summed E-state index contributed by atoms with van der Waals surface area (Å²) >= 11 is 0. The second kappa shape index (κ2) is 4.80. The van der Waals surface area contributed by atoms with Gasteiger partial charge in [-0.2, -0.15) is 0 Å². The van der Waals surface area contributed by atoms with Crippen LogP contribution in [0.25, 0.3) is 0 Å². The van der Waals surface area contributed by atoms with E-state index in [2.05, 4.69) is 10.2 Å². The van der Waals surface area contributed by atoms with Gasteiger partial charge in [-0.05, 0) is 19.1 Å². The number of benzene rings is 1. The van der Waals surface area contributed by atoms with Crippen molar-refractivity contribution in [1.29, 1.82) is 0 Å². The number of ketones is 1. The van der Waals surface area contributed by atoms with Gasteiger partial charge in [0.1, 0.15) is 11.6 Å². The summed E-state index contributed by atoms with van der Waals surface area (Å²) in [5, 5.41) is 18.1. The van der Waals surface area contributed by atoms with Crippen molar-refractivity contribution >= 4 is 17.2 Å². The van der Waals surface area contributed by atoms with Gasteiger partial charge in [0.05, 0.1) is 11.0 Å². The molecule has 1 unspecified atom stereocenters. The summed E-state index contributed by atoms with van der Waals surface area (Å²) in [6.45, 7) is 2.97. The molecule has 0 saturated carbocycles. The maximum Gasteiger partial charge on any atom is 0.299 e. The Hall–Kier alpha value is -2.64. The minimum Gasteiger partial charge on any atom is -0.462 e. The van der Waals surface area contributed by atoms with Gasteiger partial charge in [-0.1, -0.05) is 0 Å². The summed E-state index contributed by atoms with van der Waals surface area (Å²) in [6, 6.07) is 2.86. The first kappa shape index (κ1) is 13.8. The van der Waals surface area contributed by atoms with E-state index in [4.69, 9.17) is 4.74 Å². The van der Waals surface area contributed by atoms with Crippen LogP contribution in [0.15, 0.2) is 40.3 Å². The van der Waals surface area contributed by atoms with Crippen LogP contribution in [-0.2, 0) is 9.53 Å². The van der Waals surface area contributed by atoms with Gasteiger partial charge in [-0.25, -0.2) is 4.39 Å². The summed E-state index contributed by atoms with van der Waals surface area (Å²) in [6.07, 6.45) is 1.26. The Kier molecular flexibility index (Phi) is 3.31. The Balaban J connectivity index is 2.33. The zero-order chi connectivity index (χ0) is 14.9. The van der Waals surface area contributed by atoms with Crippen LogP contribution in [0.2, 0.25) is 0 Å². The van der Waals surface area contributed by atoms with Crippen molar-refractivity contribution in [1.82, 2.24) is 0 Å². The Morgan fingerprint density at radius 2 is 2.15 bits per heavy atom. The van der Waals surface area contributed by atoms with Gasteiger partial charge in [-0.15, -0.1) is 10.2 Å². The highest BCUT2D eigenvalue weighted by atomic mass is 19.1. The molecule has 1 aromatic carbocycles. The molecule has 0 spiro atoms. The number of carbonyl (C=O) groups is 1. The molecule has 0 bridgehead atoms. The number of allylic oxidation sites excluding steroid dienone is 1. The number of azo groups is 1. The molecule has 0 amide bonds. The molecule has 0 N–H and O–H groups in total. The average molecular weight is 279 g/mol. The minimum atomic E-state index is -1.54. The zero-order valence-electron chi connectivity index (χ0n) is 10.7. The van der Waals surface area contributed by atoms with E-state index < -0.39 is 27.9 Å². The molecule has 104 valence electrons. The standard InChI is InChI=1S/C12H10FN3O4/c1-7-5-11(17)12(2,20-7)15-14-9-4-3-8(13)6-10(9)16(18)19/h3-6H,1-2H3. The molecule has 0 radical (unpaired) electrons. The van der Waals surface area contributed by atoms with E-state index in [-0.39, 0.29) is 5.69 Å². The summed E-state index contributed by atoms with van der Waals surface area (Å²) < 4.78 is 18.2. The number of ether oxygens (including phenoxy) is 1. The molecule has 7 nitrogen and oxygen atoms in total. The fraction of sp³-hybridized carbons (Fsp3) is 0.250. The Bertz CT molecular complexity index is 656. The summed E-state index contributed by atoms with van der Waals surface area (Å²) in [4.78, 5) is 21.7. The Morgan fingerprint density at radius 3 is 2.70 bits per heavy atom. The molecular formula is C12H10FN3O4. The molecule has 0 saturated heterocycles. The van der Waals surface area contributed by atoms with E-state index in [0.29, 0.717) is 5.76 Å². The number of rotatable bonds is 3. The number of hydrogen-bond donors (Lipinski definition) is 0. The minimum absolute atomic E-state index is 0.154. The van der Waals surface area contributed by atoms with Gasteiger partial charge in [0.15, 0.2) is 5.69 Å². The van der Waals surface area contributed by atoms with Gasteiger partial charge >= 0.3 is 0 Å². The molecule has 1 atom stereocenters. The number of nitrogens with zero attached hydrogens (tertiary/aromatic N) is 3. The third-order valence-corrected chi connectivity index (χ3v) is 2.63. The van der Waals surface area contributed by atoms with Gasteiger partial charge in [0.2, 0.25) is 5.78 Å². The molecule has 1 aliphatic heterocycles. The van der Waals surface area contributed by atoms with E-state index >= 15 is 0 Å². The van der Waals surface area contributed by atoms with Crippen molar-refractivity contribution in [3.05, 3.63) is 46.0 Å².